The SMILES string of the molecule is C#CCCC(=O)NCCN(CCN(CCSCCC(=O)O)C(=O)CC)C(=O)CC. The van der Waals surface area contributed by atoms with E-state index in [1.165, 1.54) is 11.8 Å². The second-order valence-corrected chi connectivity index (χ2v) is 7.50. The lowest BCUT2D eigenvalue weighted by Crippen LogP contribution is -2.44. The minimum atomic E-state index is -0.834. The van der Waals surface area contributed by atoms with E-state index in [2.05, 4.69) is 11.2 Å². The first-order valence-corrected chi connectivity index (χ1v) is 11.1. The van der Waals surface area contributed by atoms with Crippen molar-refractivity contribution in [1.29, 1.82) is 0 Å². The number of amides is 3. The number of hydrogen-bond donors (Lipinski definition) is 2. The summed E-state index contributed by atoms with van der Waals surface area (Å²) in [6.07, 6.45) is 6.58. The first-order chi connectivity index (χ1) is 13.8. The van der Waals surface area contributed by atoms with Gasteiger partial charge in [0.1, 0.15) is 0 Å². The largest absolute Gasteiger partial charge is 0.481 e. The number of rotatable bonds is 16. The molecule has 9 heteroatoms. The fourth-order valence-electron chi connectivity index (χ4n) is 2.45. The Bertz CT molecular complexity index is 577. The zero-order valence-electron chi connectivity index (χ0n) is 17.4. The van der Waals surface area contributed by atoms with Crippen molar-refractivity contribution < 1.29 is 24.3 Å². The Kier molecular flexibility index (Phi) is 15.4. The van der Waals surface area contributed by atoms with Crippen LogP contribution in [0.5, 0.6) is 0 Å². The standard InChI is InChI=1S/C20H33N3O5S/c1-4-7-8-17(24)21-10-11-22(18(25)5-2)12-13-23(19(26)6-3)14-16-29-15-9-20(27)28/h1H,5-16H2,2-3H3,(H,21,24)(H,27,28). The third-order valence-electron chi connectivity index (χ3n) is 4.12. The smallest absolute Gasteiger partial charge is 0.304 e. The Morgan fingerprint density at radius 2 is 1.52 bits per heavy atom. The number of terminal acetylenes is 1. The number of nitrogens with one attached hydrogen (secondary N) is 1. The van der Waals surface area contributed by atoms with E-state index in [0.717, 1.165) is 0 Å². The molecule has 0 bridgehead atoms. The highest BCUT2D eigenvalue weighted by Gasteiger charge is 2.16. The highest BCUT2D eigenvalue weighted by Crippen LogP contribution is 2.06. The molecule has 0 fully saturated rings. The van der Waals surface area contributed by atoms with Gasteiger partial charge in [-0.2, -0.15) is 11.8 Å². The summed E-state index contributed by atoms with van der Waals surface area (Å²) in [7, 11) is 0. The molecule has 0 aliphatic carbocycles. The van der Waals surface area contributed by atoms with Crippen molar-refractivity contribution in [3.8, 4) is 12.3 Å². The number of carbonyl (C=O) groups is 4. The summed E-state index contributed by atoms with van der Waals surface area (Å²) < 4.78 is 0. The van der Waals surface area contributed by atoms with Gasteiger partial charge in [0.15, 0.2) is 0 Å². The molecule has 0 saturated heterocycles. The van der Waals surface area contributed by atoms with Gasteiger partial charge in [-0.1, -0.05) is 13.8 Å². The first kappa shape index (κ1) is 26.8. The van der Waals surface area contributed by atoms with Crippen LogP contribution in [0.25, 0.3) is 0 Å². The maximum Gasteiger partial charge on any atom is 0.304 e. The molecule has 8 nitrogen and oxygen atoms in total. The summed E-state index contributed by atoms with van der Waals surface area (Å²) >= 11 is 1.49. The van der Waals surface area contributed by atoms with Crippen LogP contribution in [-0.4, -0.2) is 82.8 Å². The van der Waals surface area contributed by atoms with Crippen molar-refractivity contribution in [3.63, 3.8) is 0 Å². The summed E-state index contributed by atoms with van der Waals surface area (Å²) in [6.45, 7) is 5.57. The molecule has 0 aromatic carbocycles. The summed E-state index contributed by atoms with van der Waals surface area (Å²) in [6, 6.07) is 0. The van der Waals surface area contributed by atoms with Crippen molar-refractivity contribution in [2.75, 3.05) is 44.2 Å². The van der Waals surface area contributed by atoms with Crippen LogP contribution < -0.4 is 5.32 Å². The van der Waals surface area contributed by atoms with E-state index in [0.29, 0.717) is 63.5 Å². The lowest BCUT2D eigenvalue weighted by Gasteiger charge is -2.28. The van der Waals surface area contributed by atoms with Crippen molar-refractivity contribution in [3.05, 3.63) is 0 Å². The second kappa shape index (κ2) is 16.7. The van der Waals surface area contributed by atoms with Crippen LogP contribution >= 0.6 is 11.8 Å². The molecule has 2 N–H and O–H groups in total. The van der Waals surface area contributed by atoms with E-state index in [1.54, 1.807) is 23.6 Å². The number of aliphatic carboxylic acids is 1. The van der Waals surface area contributed by atoms with Gasteiger partial charge in [-0.3, -0.25) is 19.2 Å². The number of hydrogen-bond acceptors (Lipinski definition) is 5. The van der Waals surface area contributed by atoms with E-state index >= 15 is 0 Å². The first-order valence-electron chi connectivity index (χ1n) is 9.90. The maximum absolute atomic E-state index is 12.2. The Labute approximate surface area is 177 Å². The van der Waals surface area contributed by atoms with E-state index in [1.807, 2.05) is 0 Å². The molecule has 0 aromatic rings. The fraction of sp³-hybridized carbons (Fsp3) is 0.700. The molecule has 0 rings (SSSR count). The molecule has 0 atom stereocenters. The van der Waals surface area contributed by atoms with Gasteiger partial charge in [-0.05, 0) is 0 Å². The molecule has 0 aliphatic rings. The summed E-state index contributed by atoms with van der Waals surface area (Å²) in [5.41, 5.74) is 0. The molecule has 0 spiro atoms. The van der Waals surface area contributed by atoms with E-state index in [-0.39, 0.29) is 30.6 Å². The van der Waals surface area contributed by atoms with E-state index < -0.39 is 5.97 Å². The summed E-state index contributed by atoms with van der Waals surface area (Å²) in [5, 5.41) is 11.4. The topological polar surface area (TPSA) is 107 Å². The van der Waals surface area contributed by atoms with Gasteiger partial charge in [0.05, 0.1) is 6.42 Å². The number of nitrogens with zero attached hydrogens (tertiary/aromatic N) is 2. The molecule has 0 aliphatic heterocycles. The average molecular weight is 428 g/mol. The Morgan fingerprint density at radius 1 is 0.931 bits per heavy atom. The van der Waals surface area contributed by atoms with Crippen LogP contribution in [0.3, 0.4) is 0 Å². The summed E-state index contributed by atoms with van der Waals surface area (Å²) in [5.74, 6) is 2.54. The number of carboxylic acids is 1. The van der Waals surface area contributed by atoms with Crippen molar-refractivity contribution in [1.82, 2.24) is 15.1 Å². The van der Waals surface area contributed by atoms with Gasteiger partial charge in [-0.25, -0.2) is 0 Å². The van der Waals surface area contributed by atoms with Crippen molar-refractivity contribution in [2.24, 2.45) is 0 Å². The van der Waals surface area contributed by atoms with E-state index in [4.69, 9.17) is 11.5 Å². The highest BCUT2D eigenvalue weighted by molar-refractivity contribution is 7.99. The maximum atomic E-state index is 12.2. The number of thioether (sulfide) groups is 1. The molecule has 0 aromatic heterocycles. The summed E-state index contributed by atoms with van der Waals surface area (Å²) in [4.78, 5) is 49.9. The number of carbonyl (C=O) groups excluding carboxylic acids is 3. The predicted octanol–water partition coefficient (Wildman–Crippen LogP) is 1.20. The minimum absolute atomic E-state index is 0.00433. The molecule has 0 saturated carbocycles. The zero-order chi connectivity index (χ0) is 22.1. The van der Waals surface area contributed by atoms with E-state index in [9.17, 15) is 19.2 Å². The van der Waals surface area contributed by atoms with Gasteiger partial charge in [0.25, 0.3) is 0 Å². The molecule has 0 radical (unpaired) electrons. The van der Waals surface area contributed by atoms with Gasteiger partial charge in [0, 0.05) is 69.9 Å². The van der Waals surface area contributed by atoms with Gasteiger partial charge in [-0.15, -0.1) is 12.3 Å². The van der Waals surface area contributed by atoms with Crippen LogP contribution in [0.15, 0.2) is 0 Å². The Hall–Kier alpha value is -2.21. The monoisotopic (exact) mass is 427 g/mol. The van der Waals surface area contributed by atoms with Crippen molar-refractivity contribution in [2.45, 2.75) is 46.0 Å². The van der Waals surface area contributed by atoms with Gasteiger partial charge < -0.3 is 20.2 Å². The van der Waals surface area contributed by atoms with Gasteiger partial charge >= 0.3 is 5.97 Å². The van der Waals surface area contributed by atoms with Crippen LogP contribution in [0, 0.1) is 12.3 Å². The molecular weight excluding hydrogens is 394 g/mol. The molecule has 3 amide bonds. The normalized spacial score (nSPS) is 10.1. The Balaban J connectivity index is 4.54. The van der Waals surface area contributed by atoms with Crippen LogP contribution in [0.4, 0.5) is 0 Å². The van der Waals surface area contributed by atoms with Crippen LogP contribution in [-0.2, 0) is 19.2 Å². The second-order valence-electron chi connectivity index (χ2n) is 6.28. The van der Waals surface area contributed by atoms with Crippen LogP contribution in [0.1, 0.15) is 46.0 Å². The quantitative estimate of drug-likeness (QED) is 0.283. The van der Waals surface area contributed by atoms with Gasteiger partial charge in [0.2, 0.25) is 17.7 Å². The third-order valence-corrected chi connectivity index (χ3v) is 5.08. The minimum Gasteiger partial charge on any atom is -0.481 e. The highest BCUT2D eigenvalue weighted by atomic mass is 32.2. The van der Waals surface area contributed by atoms with Crippen molar-refractivity contribution >= 4 is 35.5 Å². The zero-order valence-corrected chi connectivity index (χ0v) is 18.3. The number of carboxylic acid groups (broad SMARTS) is 1. The third kappa shape index (κ3) is 13.6. The lowest BCUT2D eigenvalue weighted by atomic mass is 10.3. The predicted molar refractivity (Wildman–Crippen MR) is 114 cm³/mol. The molecule has 0 unspecified atom stereocenters. The molecule has 29 heavy (non-hydrogen) atoms. The molecular formula is C20H33N3O5S. The lowest BCUT2D eigenvalue weighted by molar-refractivity contribution is -0.136. The van der Waals surface area contributed by atoms with Crippen LogP contribution in [0.2, 0.25) is 0 Å². The fourth-order valence-corrected chi connectivity index (χ4v) is 3.32. The Morgan fingerprint density at radius 3 is 2.03 bits per heavy atom. The average Bonchev–Trinajstić information content (AvgIpc) is 2.71. The molecule has 164 valence electrons. The molecule has 0 heterocycles.